The molecule has 6 N–H and O–H groups in total. The molecule has 2 saturated carbocycles. The van der Waals surface area contributed by atoms with Crippen molar-refractivity contribution in [3.05, 3.63) is 132 Å². The summed E-state index contributed by atoms with van der Waals surface area (Å²) in [5.74, 6) is 1.72. The number of likely N-dealkylation sites (tertiary alicyclic amines) is 1. The monoisotopic (exact) mass is 892 g/mol. The van der Waals surface area contributed by atoms with E-state index >= 15 is 0 Å². The zero-order valence-electron chi connectivity index (χ0n) is 36.0. The lowest BCUT2D eigenvalue weighted by Crippen LogP contribution is -2.34. The van der Waals surface area contributed by atoms with Crippen LogP contribution in [0.2, 0.25) is 0 Å². The molecule has 2 saturated heterocycles. The number of para-hydroxylation sites is 2. The van der Waals surface area contributed by atoms with Crippen LogP contribution in [-0.4, -0.2) is 87.4 Å². The van der Waals surface area contributed by atoms with Gasteiger partial charge in [-0.25, -0.2) is 16.8 Å². The lowest BCUT2D eigenvalue weighted by molar-refractivity contribution is -0.137. The van der Waals surface area contributed by atoms with Crippen molar-refractivity contribution in [2.45, 2.75) is 50.4 Å². The largest absolute Gasteiger partial charge is 0.481 e. The fourth-order valence-corrected chi connectivity index (χ4v) is 11.4. The Labute approximate surface area is 369 Å². The number of aromatic amines is 2. The number of anilines is 2. The third kappa shape index (κ3) is 9.51. The van der Waals surface area contributed by atoms with Gasteiger partial charge in [0.1, 0.15) is 0 Å². The number of hydrogen-bond donors (Lipinski definition) is 6. The minimum absolute atomic E-state index is 0.00279. The minimum atomic E-state index is -3.30. The molecule has 0 radical (unpaired) electrons. The summed E-state index contributed by atoms with van der Waals surface area (Å²) in [4.78, 5) is 31.7. The molecule has 0 bridgehead atoms. The van der Waals surface area contributed by atoms with Gasteiger partial charge in [-0.05, 0) is 108 Å². The number of aryl methyl sites for hydroxylation is 2. The molecule has 2 aliphatic carbocycles. The maximum absolute atomic E-state index is 12.8. The molecule has 2 aromatic heterocycles. The normalized spacial score (nSPS) is 24.3. The predicted octanol–water partition coefficient (Wildman–Crippen LogP) is 6.87. The fraction of sp³-hybridized carbons (Fsp3) is 0.375. The van der Waals surface area contributed by atoms with E-state index < -0.39 is 26.0 Å². The number of nitrogens with one attached hydrogen (secondary N) is 5. The number of H-pyrrole nitrogens is 2. The summed E-state index contributed by atoms with van der Waals surface area (Å²) in [6.45, 7) is 8.21. The number of aromatic nitrogens is 2. The molecule has 0 spiro atoms. The van der Waals surface area contributed by atoms with Gasteiger partial charge in [0.25, 0.3) is 0 Å². The molecule has 4 unspecified atom stereocenters. The molecule has 4 aliphatic rings. The van der Waals surface area contributed by atoms with Gasteiger partial charge in [0, 0.05) is 82.3 Å². The van der Waals surface area contributed by atoms with Crippen LogP contribution in [0.4, 0.5) is 11.4 Å². The average Bonchev–Trinajstić information content (AvgIpc) is 3.73. The molecular weight excluding hydrogens is 837 g/mol. The van der Waals surface area contributed by atoms with E-state index in [0.717, 1.165) is 66.4 Å². The number of carboxylic acids is 1. The molecule has 332 valence electrons. The Balaban J connectivity index is 0.000000143. The van der Waals surface area contributed by atoms with Crippen LogP contribution < -0.4 is 14.8 Å². The number of amides is 1. The Morgan fingerprint density at radius 3 is 1.56 bits per heavy atom. The Morgan fingerprint density at radius 1 is 0.651 bits per heavy atom. The topological polar surface area (TPSA) is 194 Å². The number of hydrogen-bond acceptors (Lipinski definition) is 7. The van der Waals surface area contributed by atoms with Crippen LogP contribution in [0.25, 0.3) is 21.8 Å². The van der Waals surface area contributed by atoms with E-state index in [1.54, 1.807) is 12.1 Å². The summed E-state index contributed by atoms with van der Waals surface area (Å²) < 4.78 is 50.7. The minimum Gasteiger partial charge on any atom is -0.481 e. The SMILES string of the molecule is CC1(c2cccc(NS(C)(=O)=O)c2)C2CN(C(=O)CCc3c[nH]c4ccccc34)CC21.CC1(c2cccc(NS(C)(=O)=O)c2)C2CNCC21.O=C(O)CCc1c[nH]c2ccccc12. The van der Waals surface area contributed by atoms with E-state index in [1.807, 2.05) is 78.0 Å². The first-order valence-electron chi connectivity index (χ1n) is 21.4. The van der Waals surface area contributed by atoms with Gasteiger partial charge in [0.2, 0.25) is 26.0 Å². The van der Waals surface area contributed by atoms with Crippen molar-refractivity contribution in [2.24, 2.45) is 23.7 Å². The lowest BCUT2D eigenvalue weighted by Gasteiger charge is -2.25. The van der Waals surface area contributed by atoms with Crippen LogP contribution in [0.1, 0.15) is 48.9 Å². The van der Waals surface area contributed by atoms with Gasteiger partial charge in [-0.1, -0.05) is 74.5 Å². The average molecular weight is 893 g/mol. The van der Waals surface area contributed by atoms with Crippen molar-refractivity contribution in [2.75, 3.05) is 48.1 Å². The zero-order valence-corrected chi connectivity index (χ0v) is 37.7. The molecule has 4 atom stereocenters. The maximum Gasteiger partial charge on any atom is 0.303 e. The Bertz CT molecular complexity index is 2870. The second kappa shape index (κ2) is 17.1. The van der Waals surface area contributed by atoms with Crippen molar-refractivity contribution in [1.29, 1.82) is 0 Å². The fourth-order valence-electron chi connectivity index (χ4n) is 10.3. The van der Waals surface area contributed by atoms with E-state index in [2.05, 4.69) is 62.8 Å². The highest BCUT2D eigenvalue weighted by Crippen LogP contribution is 2.64. The number of carboxylic acid groups (broad SMARTS) is 1. The zero-order chi connectivity index (χ0) is 44.7. The van der Waals surface area contributed by atoms with Crippen LogP contribution in [0.3, 0.4) is 0 Å². The molecule has 6 aromatic rings. The Morgan fingerprint density at radius 2 is 1.10 bits per heavy atom. The first-order valence-corrected chi connectivity index (χ1v) is 25.2. The molecule has 63 heavy (non-hydrogen) atoms. The lowest BCUT2D eigenvalue weighted by atomic mass is 9.92. The molecule has 15 heteroatoms. The number of carbonyl (C=O) groups excluding carboxylic acids is 1. The number of nitrogens with zero attached hydrogens (tertiary/aromatic N) is 1. The molecule has 1 amide bonds. The number of sulfonamides is 2. The molecule has 13 nitrogen and oxygen atoms in total. The molecule has 4 fully saturated rings. The van der Waals surface area contributed by atoms with Crippen molar-refractivity contribution >= 4 is 65.1 Å². The van der Waals surface area contributed by atoms with Crippen molar-refractivity contribution in [3.63, 3.8) is 0 Å². The maximum atomic E-state index is 12.8. The number of fused-ring (bicyclic) bond motifs is 4. The summed E-state index contributed by atoms with van der Waals surface area (Å²) in [6, 6.07) is 31.5. The van der Waals surface area contributed by atoms with Gasteiger partial charge in [0.15, 0.2) is 0 Å². The standard InChI is InChI=1S/C24H27N3O3S.C13H18N2O2S.C11H11NO2/c1-24(17-6-5-7-18(12-17)26-31(2,29)30)20-14-27(15-21(20)24)23(28)11-10-16-13-25-22-9-4-3-8-19(16)22;1-13(11-7-14-8-12(11)13)9-4-3-5-10(6-9)15-18(2,16)17;13-11(14)6-5-8-7-12-10-4-2-1-3-9(8)10/h3-9,12-13,20-21,25-26H,10-11,14-15H2,1-2H3;3-6,11-12,14-15H,7-8H2,1-2H3;1-4,7,12H,5-6H2,(H,13,14). The summed E-state index contributed by atoms with van der Waals surface area (Å²) in [5, 5.41) is 14.3. The third-order valence-corrected chi connectivity index (χ3v) is 15.1. The first-order chi connectivity index (χ1) is 29.9. The highest BCUT2D eigenvalue weighted by Gasteiger charge is 2.66. The van der Waals surface area contributed by atoms with Gasteiger partial charge in [-0.2, -0.15) is 0 Å². The van der Waals surface area contributed by atoms with Crippen LogP contribution >= 0.6 is 0 Å². The number of benzene rings is 4. The smallest absolute Gasteiger partial charge is 0.303 e. The van der Waals surface area contributed by atoms with E-state index in [0.29, 0.717) is 47.9 Å². The van der Waals surface area contributed by atoms with Gasteiger partial charge in [-0.3, -0.25) is 19.0 Å². The Hall–Kier alpha value is -5.64. The van der Waals surface area contributed by atoms with E-state index in [-0.39, 0.29) is 23.2 Å². The summed E-state index contributed by atoms with van der Waals surface area (Å²) in [7, 11) is -6.50. The van der Waals surface area contributed by atoms with E-state index in [4.69, 9.17) is 5.11 Å². The second-order valence-electron chi connectivity index (χ2n) is 18.0. The van der Waals surface area contributed by atoms with Crippen LogP contribution in [0.5, 0.6) is 0 Å². The molecular formula is C48H56N6O7S2. The molecule has 4 heterocycles. The highest BCUT2D eigenvalue weighted by molar-refractivity contribution is 7.92. The number of carbonyl (C=O) groups is 2. The number of piperidine rings is 2. The van der Waals surface area contributed by atoms with Gasteiger partial charge < -0.3 is 25.3 Å². The van der Waals surface area contributed by atoms with Gasteiger partial charge in [-0.15, -0.1) is 0 Å². The van der Waals surface area contributed by atoms with Crippen LogP contribution in [0.15, 0.2) is 109 Å². The molecule has 4 aromatic carbocycles. The van der Waals surface area contributed by atoms with Gasteiger partial charge >= 0.3 is 5.97 Å². The second-order valence-corrected chi connectivity index (χ2v) is 21.5. The van der Waals surface area contributed by atoms with E-state index in [1.165, 1.54) is 22.8 Å². The van der Waals surface area contributed by atoms with E-state index in [9.17, 15) is 26.4 Å². The third-order valence-electron chi connectivity index (χ3n) is 13.9. The highest BCUT2D eigenvalue weighted by atomic mass is 32.2. The molecule has 2 aliphatic heterocycles. The summed E-state index contributed by atoms with van der Waals surface area (Å²) in [5.41, 5.74) is 8.30. The predicted molar refractivity (Wildman–Crippen MR) is 249 cm³/mol. The van der Waals surface area contributed by atoms with Crippen LogP contribution in [-0.2, 0) is 53.3 Å². The van der Waals surface area contributed by atoms with Crippen LogP contribution in [0, 0.1) is 23.7 Å². The first kappa shape index (κ1) is 44.0. The number of rotatable bonds is 12. The Kier molecular flexibility index (Phi) is 12.0. The number of aliphatic carboxylic acids is 1. The van der Waals surface area contributed by atoms with Crippen molar-refractivity contribution in [3.8, 4) is 0 Å². The molecule has 10 rings (SSSR count). The van der Waals surface area contributed by atoms with Gasteiger partial charge in [0.05, 0.1) is 12.5 Å². The summed E-state index contributed by atoms with van der Waals surface area (Å²) >= 11 is 0. The quantitative estimate of drug-likeness (QED) is 0.0767. The van der Waals surface area contributed by atoms with Crippen molar-refractivity contribution < 1.29 is 31.5 Å². The van der Waals surface area contributed by atoms with Crippen molar-refractivity contribution in [1.82, 2.24) is 20.2 Å². The summed E-state index contributed by atoms with van der Waals surface area (Å²) in [6.07, 6.45) is 8.25.